The quantitative estimate of drug-likeness (QED) is 0.575. The molecule has 30 heavy (non-hydrogen) atoms. The second kappa shape index (κ2) is 9.35. The molecule has 0 unspecified atom stereocenters. The maximum Gasteiger partial charge on any atom is 0.127 e. The first-order chi connectivity index (χ1) is 14.6. The molecular weight excluding hydrogens is 374 g/mol. The Labute approximate surface area is 178 Å². The van der Waals surface area contributed by atoms with E-state index in [9.17, 15) is 0 Å². The van der Waals surface area contributed by atoms with Gasteiger partial charge in [0.2, 0.25) is 0 Å². The Bertz CT molecular complexity index is 975. The van der Waals surface area contributed by atoms with Crippen molar-refractivity contribution >= 4 is 16.7 Å². The van der Waals surface area contributed by atoms with Gasteiger partial charge in [-0.2, -0.15) is 0 Å². The average Bonchev–Trinajstić information content (AvgIpc) is 2.78. The number of nitrogens with one attached hydrogen (secondary N) is 2. The van der Waals surface area contributed by atoms with Crippen LogP contribution < -0.4 is 20.1 Å². The molecule has 158 valence electrons. The number of methoxy groups -OCH3 is 2. The van der Waals surface area contributed by atoms with Crippen LogP contribution in [0.1, 0.15) is 36.8 Å². The molecule has 1 saturated carbocycles. The van der Waals surface area contributed by atoms with Gasteiger partial charge in [0.25, 0.3) is 0 Å². The number of para-hydroxylation sites is 1. The second-order valence-corrected chi connectivity index (χ2v) is 8.14. The Hall–Kier alpha value is -2.79. The highest BCUT2D eigenvalue weighted by molar-refractivity contribution is 5.83. The van der Waals surface area contributed by atoms with Gasteiger partial charge in [0.05, 0.1) is 19.7 Å². The fourth-order valence-electron chi connectivity index (χ4n) is 4.31. The minimum absolute atomic E-state index is 0.480. The predicted molar refractivity (Wildman–Crippen MR) is 123 cm³/mol. The van der Waals surface area contributed by atoms with Crippen molar-refractivity contribution in [1.82, 2.24) is 10.3 Å². The molecule has 0 radical (unpaired) electrons. The monoisotopic (exact) mass is 405 g/mol. The summed E-state index contributed by atoms with van der Waals surface area (Å²) >= 11 is 0. The van der Waals surface area contributed by atoms with Gasteiger partial charge in [-0.05, 0) is 68.0 Å². The Kier molecular flexibility index (Phi) is 6.38. The van der Waals surface area contributed by atoms with Crippen LogP contribution in [0.4, 0.5) is 5.82 Å². The van der Waals surface area contributed by atoms with E-state index in [0.29, 0.717) is 12.1 Å². The average molecular weight is 406 g/mol. The van der Waals surface area contributed by atoms with Crippen molar-refractivity contribution in [2.45, 2.75) is 51.2 Å². The molecule has 1 heterocycles. The summed E-state index contributed by atoms with van der Waals surface area (Å²) in [5, 5.41) is 8.60. The number of anilines is 1. The van der Waals surface area contributed by atoms with Crippen molar-refractivity contribution in [3.05, 3.63) is 59.7 Å². The number of aromatic nitrogens is 1. The lowest BCUT2D eigenvalue weighted by molar-refractivity contribution is 0.351. The Balaban J connectivity index is 1.30. The Morgan fingerprint density at radius 3 is 2.27 bits per heavy atom. The van der Waals surface area contributed by atoms with Crippen molar-refractivity contribution in [2.24, 2.45) is 0 Å². The molecule has 2 aromatic carbocycles. The molecule has 0 saturated heterocycles. The highest BCUT2D eigenvalue weighted by Gasteiger charge is 2.21. The van der Waals surface area contributed by atoms with Gasteiger partial charge >= 0.3 is 0 Å². The number of rotatable bonds is 7. The van der Waals surface area contributed by atoms with Gasteiger partial charge in [-0.3, -0.25) is 0 Å². The van der Waals surface area contributed by atoms with Gasteiger partial charge < -0.3 is 20.1 Å². The van der Waals surface area contributed by atoms with Crippen LogP contribution in [0, 0.1) is 6.92 Å². The number of fused-ring (bicyclic) bond motifs is 1. The maximum atomic E-state index is 5.37. The van der Waals surface area contributed by atoms with E-state index >= 15 is 0 Å². The van der Waals surface area contributed by atoms with Gasteiger partial charge in [0, 0.05) is 30.1 Å². The van der Waals surface area contributed by atoms with Crippen molar-refractivity contribution in [2.75, 3.05) is 19.5 Å². The molecule has 1 fully saturated rings. The van der Waals surface area contributed by atoms with E-state index in [4.69, 9.17) is 14.5 Å². The van der Waals surface area contributed by atoms with Crippen molar-refractivity contribution < 1.29 is 9.47 Å². The first-order valence-electron chi connectivity index (χ1n) is 10.7. The third-order valence-corrected chi connectivity index (χ3v) is 6.01. The minimum atomic E-state index is 0.480. The maximum absolute atomic E-state index is 5.37. The van der Waals surface area contributed by atoms with E-state index in [-0.39, 0.29) is 0 Å². The van der Waals surface area contributed by atoms with Crippen LogP contribution in [-0.4, -0.2) is 31.3 Å². The summed E-state index contributed by atoms with van der Waals surface area (Å²) in [6, 6.07) is 17.6. The smallest absolute Gasteiger partial charge is 0.127 e. The van der Waals surface area contributed by atoms with E-state index in [0.717, 1.165) is 55.1 Å². The molecule has 0 atom stereocenters. The highest BCUT2D eigenvalue weighted by atomic mass is 16.5. The normalized spacial score (nSPS) is 18.9. The molecule has 1 aliphatic rings. The molecule has 5 heteroatoms. The van der Waals surface area contributed by atoms with E-state index in [1.807, 2.05) is 12.1 Å². The number of benzene rings is 2. The summed E-state index contributed by atoms with van der Waals surface area (Å²) in [5.41, 5.74) is 3.51. The van der Waals surface area contributed by atoms with Crippen LogP contribution in [0.5, 0.6) is 11.5 Å². The van der Waals surface area contributed by atoms with Crippen LogP contribution in [0.2, 0.25) is 0 Å². The predicted octanol–water partition coefficient (Wildman–Crippen LogP) is 5.07. The van der Waals surface area contributed by atoms with Gasteiger partial charge in [-0.15, -0.1) is 0 Å². The molecule has 0 spiro atoms. The molecule has 1 aromatic heterocycles. The zero-order valence-corrected chi connectivity index (χ0v) is 18.1. The number of aryl methyl sites for hydroxylation is 1. The molecular formula is C25H31N3O2. The van der Waals surface area contributed by atoms with Gasteiger partial charge in [-0.25, -0.2) is 4.98 Å². The lowest BCUT2D eigenvalue weighted by Crippen LogP contribution is -2.36. The zero-order valence-electron chi connectivity index (χ0n) is 18.1. The number of hydrogen-bond acceptors (Lipinski definition) is 5. The highest BCUT2D eigenvalue weighted by Crippen LogP contribution is 2.26. The minimum Gasteiger partial charge on any atom is -0.497 e. The number of nitrogens with zero attached hydrogens (tertiary/aromatic N) is 1. The molecule has 4 rings (SSSR count). The van der Waals surface area contributed by atoms with E-state index < -0.39 is 0 Å². The fraction of sp³-hybridized carbons (Fsp3) is 0.400. The second-order valence-electron chi connectivity index (χ2n) is 8.14. The standard InChI is InChI=1S/C25H31N3O2/c1-17-12-25(28-24-7-5-4-6-23(17)24)27-20-10-8-19(9-11-20)26-16-18-13-21(29-2)15-22(14-18)30-3/h4-7,12-15,19-20,26H,8-11,16H2,1-3H3,(H,27,28). The number of ether oxygens (including phenoxy) is 2. The van der Waals surface area contributed by atoms with E-state index in [2.05, 4.69) is 54.0 Å². The Morgan fingerprint density at radius 2 is 1.57 bits per heavy atom. The Morgan fingerprint density at radius 1 is 0.900 bits per heavy atom. The largest absolute Gasteiger partial charge is 0.497 e. The van der Waals surface area contributed by atoms with Crippen LogP contribution in [-0.2, 0) is 6.54 Å². The molecule has 2 N–H and O–H groups in total. The van der Waals surface area contributed by atoms with E-state index in [1.54, 1.807) is 14.2 Å². The molecule has 3 aromatic rings. The molecule has 1 aliphatic carbocycles. The van der Waals surface area contributed by atoms with Crippen molar-refractivity contribution in [3.63, 3.8) is 0 Å². The summed E-state index contributed by atoms with van der Waals surface area (Å²) in [5.74, 6) is 2.65. The summed E-state index contributed by atoms with van der Waals surface area (Å²) in [4.78, 5) is 4.81. The molecule has 0 aliphatic heterocycles. The summed E-state index contributed by atoms with van der Waals surface area (Å²) < 4.78 is 10.7. The van der Waals surface area contributed by atoms with E-state index in [1.165, 1.54) is 16.5 Å². The fourth-order valence-corrected chi connectivity index (χ4v) is 4.31. The lowest BCUT2D eigenvalue weighted by Gasteiger charge is -2.30. The third-order valence-electron chi connectivity index (χ3n) is 6.01. The van der Waals surface area contributed by atoms with Gasteiger partial charge in [0.1, 0.15) is 17.3 Å². The van der Waals surface area contributed by atoms with Gasteiger partial charge in [-0.1, -0.05) is 18.2 Å². The van der Waals surface area contributed by atoms with Crippen LogP contribution >= 0.6 is 0 Å². The first kappa shape index (κ1) is 20.5. The molecule has 5 nitrogen and oxygen atoms in total. The van der Waals surface area contributed by atoms with Gasteiger partial charge in [0.15, 0.2) is 0 Å². The number of pyridine rings is 1. The topological polar surface area (TPSA) is 55.4 Å². The van der Waals surface area contributed by atoms with Crippen molar-refractivity contribution in [1.29, 1.82) is 0 Å². The van der Waals surface area contributed by atoms with Crippen LogP contribution in [0.3, 0.4) is 0 Å². The third kappa shape index (κ3) is 4.85. The molecule has 0 amide bonds. The molecule has 0 bridgehead atoms. The lowest BCUT2D eigenvalue weighted by atomic mass is 9.91. The SMILES string of the molecule is COc1cc(CNC2CCC(Nc3cc(C)c4ccccc4n3)CC2)cc(OC)c1. The van der Waals surface area contributed by atoms with Crippen molar-refractivity contribution in [3.8, 4) is 11.5 Å². The van der Waals surface area contributed by atoms with Crippen LogP contribution in [0.15, 0.2) is 48.5 Å². The first-order valence-corrected chi connectivity index (χ1v) is 10.7. The van der Waals surface area contributed by atoms with Crippen LogP contribution in [0.25, 0.3) is 10.9 Å². The summed E-state index contributed by atoms with van der Waals surface area (Å²) in [6.45, 7) is 2.98. The summed E-state index contributed by atoms with van der Waals surface area (Å²) in [6.07, 6.45) is 4.61. The summed E-state index contributed by atoms with van der Waals surface area (Å²) in [7, 11) is 3.37. The zero-order chi connectivity index (χ0) is 20.9. The number of hydrogen-bond donors (Lipinski definition) is 2.